The van der Waals surface area contributed by atoms with Crippen LogP contribution in [0.3, 0.4) is 0 Å². The van der Waals surface area contributed by atoms with Crippen molar-refractivity contribution in [3.8, 4) is 0 Å². The number of carbonyl (C=O) groups excluding carboxylic acids is 1. The van der Waals surface area contributed by atoms with Crippen molar-refractivity contribution in [1.82, 2.24) is 4.57 Å². The first-order valence-corrected chi connectivity index (χ1v) is 8.32. The zero-order valence-electron chi connectivity index (χ0n) is 13.1. The van der Waals surface area contributed by atoms with Gasteiger partial charge in [0.1, 0.15) is 5.82 Å². The van der Waals surface area contributed by atoms with E-state index in [0.29, 0.717) is 11.3 Å². The molecule has 0 radical (unpaired) electrons. The zero-order valence-corrected chi connectivity index (χ0v) is 14.7. The summed E-state index contributed by atoms with van der Waals surface area (Å²) in [5.74, 6) is -0.649. The van der Waals surface area contributed by atoms with Gasteiger partial charge in [0.2, 0.25) is 0 Å². The Hall–Kier alpha value is -2.73. The van der Waals surface area contributed by atoms with E-state index in [2.05, 4.69) is 21.2 Å². The molecule has 1 heterocycles. The molecule has 0 saturated carbocycles. The first-order chi connectivity index (χ1) is 12.0. The Morgan fingerprint density at radius 2 is 1.84 bits per heavy atom. The molecule has 0 aliphatic rings. The number of pyridine rings is 1. The van der Waals surface area contributed by atoms with Crippen molar-refractivity contribution < 1.29 is 9.18 Å². The highest BCUT2D eigenvalue weighted by atomic mass is 79.9. The summed E-state index contributed by atoms with van der Waals surface area (Å²) in [6.07, 6.45) is 1.50. The number of rotatable bonds is 4. The molecule has 0 aliphatic heterocycles. The van der Waals surface area contributed by atoms with E-state index in [1.165, 1.54) is 35.0 Å². The van der Waals surface area contributed by atoms with Crippen LogP contribution in [0.4, 0.5) is 10.1 Å². The average Bonchev–Trinajstić information content (AvgIpc) is 2.59. The molecular formula is C19H14BrFN2O2. The van der Waals surface area contributed by atoms with Gasteiger partial charge >= 0.3 is 0 Å². The lowest BCUT2D eigenvalue weighted by atomic mass is 10.2. The van der Waals surface area contributed by atoms with Crippen molar-refractivity contribution in [3.63, 3.8) is 0 Å². The number of hydrogen-bond donors (Lipinski definition) is 1. The van der Waals surface area contributed by atoms with Gasteiger partial charge in [-0.15, -0.1) is 0 Å². The summed E-state index contributed by atoms with van der Waals surface area (Å²) in [7, 11) is 0. The van der Waals surface area contributed by atoms with Crippen molar-refractivity contribution in [2.45, 2.75) is 6.54 Å². The lowest BCUT2D eigenvalue weighted by Crippen LogP contribution is -2.22. The fraction of sp³-hybridized carbons (Fsp3) is 0.0526. The molecule has 2 aromatic carbocycles. The summed E-state index contributed by atoms with van der Waals surface area (Å²) < 4.78 is 15.3. The Balaban J connectivity index is 1.82. The first-order valence-electron chi connectivity index (χ1n) is 7.53. The van der Waals surface area contributed by atoms with Gasteiger partial charge in [-0.2, -0.15) is 0 Å². The molecular weight excluding hydrogens is 387 g/mol. The number of carbonyl (C=O) groups is 1. The maximum absolute atomic E-state index is 13.0. The predicted molar refractivity (Wildman–Crippen MR) is 98.3 cm³/mol. The van der Waals surface area contributed by atoms with E-state index in [1.54, 1.807) is 24.3 Å². The first kappa shape index (κ1) is 17.1. The normalized spacial score (nSPS) is 10.5. The average molecular weight is 401 g/mol. The molecule has 0 unspecified atom stereocenters. The number of anilines is 1. The van der Waals surface area contributed by atoms with E-state index in [0.717, 1.165) is 10.0 Å². The maximum atomic E-state index is 13.0. The highest BCUT2D eigenvalue weighted by Gasteiger charge is 2.09. The Morgan fingerprint density at radius 3 is 2.56 bits per heavy atom. The van der Waals surface area contributed by atoms with Gasteiger partial charge in [-0.05, 0) is 42.0 Å². The summed E-state index contributed by atoms with van der Waals surface area (Å²) in [6, 6.07) is 16.0. The molecule has 3 rings (SSSR count). The van der Waals surface area contributed by atoms with Crippen LogP contribution < -0.4 is 10.9 Å². The van der Waals surface area contributed by atoms with Crippen LogP contribution in [0.15, 0.2) is 76.1 Å². The molecule has 4 nitrogen and oxygen atoms in total. The van der Waals surface area contributed by atoms with E-state index in [4.69, 9.17) is 0 Å². The molecule has 126 valence electrons. The van der Waals surface area contributed by atoms with Gasteiger partial charge in [0.15, 0.2) is 0 Å². The molecule has 0 fully saturated rings. The third kappa shape index (κ3) is 4.42. The van der Waals surface area contributed by atoms with Crippen LogP contribution >= 0.6 is 15.9 Å². The number of hydrogen-bond acceptors (Lipinski definition) is 2. The van der Waals surface area contributed by atoms with Crippen molar-refractivity contribution in [2.75, 3.05) is 5.32 Å². The summed E-state index contributed by atoms with van der Waals surface area (Å²) in [5.41, 5.74) is 1.55. The number of nitrogens with one attached hydrogen (secondary N) is 1. The third-order valence-electron chi connectivity index (χ3n) is 3.59. The second kappa shape index (κ2) is 7.44. The van der Waals surface area contributed by atoms with Crippen molar-refractivity contribution >= 4 is 27.5 Å². The number of halogens is 2. The number of amides is 1. The lowest BCUT2D eigenvalue weighted by Gasteiger charge is -2.09. The third-order valence-corrected chi connectivity index (χ3v) is 4.09. The van der Waals surface area contributed by atoms with Crippen molar-refractivity contribution in [1.29, 1.82) is 0 Å². The molecule has 0 saturated heterocycles. The second-order valence-electron chi connectivity index (χ2n) is 5.47. The molecule has 1 N–H and O–H groups in total. The van der Waals surface area contributed by atoms with E-state index < -0.39 is 0 Å². The SMILES string of the molecule is O=C(Nc1cccc(Br)c1)c1ccc(=O)n(Cc2ccc(F)cc2)c1. The van der Waals surface area contributed by atoms with Gasteiger partial charge in [-0.3, -0.25) is 9.59 Å². The fourth-order valence-corrected chi connectivity index (χ4v) is 2.74. The Morgan fingerprint density at radius 1 is 1.08 bits per heavy atom. The number of aromatic nitrogens is 1. The largest absolute Gasteiger partial charge is 0.322 e. The molecule has 0 bridgehead atoms. The molecule has 0 aliphatic carbocycles. The fourth-order valence-electron chi connectivity index (χ4n) is 2.35. The van der Waals surface area contributed by atoms with Crippen LogP contribution in [0, 0.1) is 5.82 Å². The van der Waals surface area contributed by atoms with Gasteiger partial charge < -0.3 is 9.88 Å². The second-order valence-corrected chi connectivity index (χ2v) is 6.39. The Kier molecular flexibility index (Phi) is 5.09. The topological polar surface area (TPSA) is 51.1 Å². The maximum Gasteiger partial charge on any atom is 0.257 e. The van der Waals surface area contributed by atoms with Crippen LogP contribution in [0.1, 0.15) is 15.9 Å². The molecule has 0 atom stereocenters. The summed E-state index contributed by atoms with van der Waals surface area (Å²) in [6.45, 7) is 0.261. The highest BCUT2D eigenvalue weighted by Crippen LogP contribution is 2.16. The summed E-state index contributed by atoms with van der Waals surface area (Å²) in [5, 5.41) is 2.78. The van der Waals surface area contributed by atoms with E-state index in [1.807, 2.05) is 12.1 Å². The highest BCUT2D eigenvalue weighted by molar-refractivity contribution is 9.10. The molecule has 0 spiro atoms. The minimum absolute atomic E-state index is 0.233. The van der Waals surface area contributed by atoms with E-state index >= 15 is 0 Å². The summed E-state index contributed by atoms with van der Waals surface area (Å²) in [4.78, 5) is 24.4. The number of nitrogens with zero attached hydrogens (tertiary/aromatic N) is 1. The zero-order chi connectivity index (χ0) is 17.8. The Labute approximate surface area is 152 Å². The van der Waals surface area contributed by atoms with Crippen molar-refractivity contribution in [3.05, 3.63) is 98.6 Å². The van der Waals surface area contributed by atoms with Gasteiger partial charge in [0, 0.05) is 22.4 Å². The molecule has 25 heavy (non-hydrogen) atoms. The van der Waals surface area contributed by atoms with Gasteiger partial charge in [0.25, 0.3) is 11.5 Å². The summed E-state index contributed by atoms with van der Waals surface area (Å²) >= 11 is 3.35. The van der Waals surface area contributed by atoms with E-state index in [9.17, 15) is 14.0 Å². The van der Waals surface area contributed by atoms with Gasteiger partial charge in [-0.1, -0.05) is 34.1 Å². The molecule has 1 amide bonds. The molecule has 3 aromatic rings. The lowest BCUT2D eigenvalue weighted by molar-refractivity contribution is 0.102. The smallest absolute Gasteiger partial charge is 0.257 e. The Bertz CT molecular complexity index is 968. The quantitative estimate of drug-likeness (QED) is 0.717. The molecule has 1 aromatic heterocycles. The van der Waals surface area contributed by atoms with Crippen LogP contribution in [0.5, 0.6) is 0 Å². The van der Waals surface area contributed by atoms with Crippen LogP contribution in [-0.4, -0.2) is 10.5 Å². The van der Waals surface area contributed by atoms with Crippen LogP contribution in [-0.2, 0) is 6.54 Å². The standard InChI is InChI=1S/C19H14BrFN2O2/c20-15-2-1-3-17(10-15)22-19(25)14-6-9-18(24)23(12-14)11-13-4-7-16(21)8-5-13/h1-10,12H,11H2,(H,22,25). The van der Waals surface area contributed by atoms with Crippen LogP contribution in [0.2, 0.25) is 0 Å². The number of benzene rings is 2. The predicted octanol–water partition coefficient (Wildman–Crippen LogP) is 4.05. The van der Waals surface area contributed by atoms with Gasteiger partial charge in [0.05, 0.1) is 12.1 Å². The molecule has 6 heteroatoms. The van der Waals surface area contributed by atoms with Crippen molar-refractivity contribution in [2.24, 2.45) is 0 Å². The monoisotopic (exact) mass is 400 g/mol. The minimum atomic E-state index is -0.335. The van der Waals surface area contributed by atoms with E-state index in [-0.39, 0.29) is 23.8 Å². The van der Waals surface area contributed by atoms with Gasteiger partial charge in [-0.25, -0.2) is 4.39 Å². The van der Waals surface area contributed by atoms with Crippen LogP contribution in [0.25, 0.3) is 0 Å². The minimum Gasteiger partial charge on any atom is -0.322 e.